The van der Waals surface area contributed by atoms with Crippen molar-refractivity contribution in [3.05, 3.63) is 49.1 Å². The first-order valence-electron chi connectivity index (χ1n) is 6.58. The highest BCUT2D eigenvalue weighted by atomic mass is 16.4. The molecule has 0 aliphatic rings. The molecule has 0 spiro atoms. The summed E-state index contributed by atoms with van der Waals surface area (Å²) in [6.07, 6.45) is 20.5. The van der Waals surface area contributed by atoms with E-state index in [4.69, 9.17) is 5.11 Å². The zero-order valence-corrected chi connectivity index (χ0v) is 11.1. The standard InChI is InChI=1S/C16H24O2/c1-2-3-4-5-6-7-8-9-10-11-12-13-14-15-16(17)18/h2,6-11H,1,3-5,12-15H2,(H,17,18). The molecule has 0 radical (unpaired) electrons. The smallest absolute Gasteiger partial charge is 0.303 e. The average Bonchev–Trinajstić information content (AvgIpc) is 2.34. The Morgan fingerprint density at radius 3 is 2.06 bits per heavy atom. The maximum Gasteiger partial charge on any atom is 0.303 e. The Morgan fingerprint density at radius 2 is 1.50 bits per heavy atom. The summed E-state index contributed by atoms with van der Waals surface area (Å²) in [5.41, 5.74) is 0. The molecule has 0 aromatic rings. The van der Waals surface area contributed by atoms with Gasteiger partial charge in [-0.15, -0.1) is 6.58 Å². The van der Waals surface area contributed by atoms with Crippen LogP contribution in [0.2, 0.25) is 0 Å². The maximum atomic E-state index is 10.3. The quantitative estimate of drug-likeness (QED) is 0.328. The van der Waals surface area contributed by atoms with Gasteiger partial charge in [0, 0.05) is 6.42 Å². The van der Waals surface area contributed by atoms with Gasteiger partial charge in [0.2, 0.25) is 0 Å². The highest BCUT2D eigenvalue weighted by Gasteiger charge is 1.93. The Morgan fingerprint density at radius 1 is 0.889 bits per heavy atom. The van der Waals surface area contributed by atoms with Crippen LogP contribution in [0, 0.1) is 0 Å². The van der Waals surface area contributed by atoms with Crippen molar-refractivity contribution in [2.45, 2.75) is 44.9 Å². The maximum absolute atomic E-state index is 10.3. The van der Waals surface area contributed by atoms with E-state index in [2.05, 4.69) is 24.8 Å². The number of carboxylic acid groups (broad SMARTS) is 1. The summed E-state index contributed by atoms with van der Waals surface area (Å²) in [7, 11) is 0. The average molecular weight is 248 g/mol. The normalized spacial score (nSPS) is 11.8. The number of hydrogen-bond donors (Lipinski definition) is 1. The Bertz CT molecular complexity index is 298. The van der Waals surface area contributed by atoms with Crippen LogP contribution in [-0.4, -0.2) is 11.1 Å². The van der Waals surface area contributed by atoms with Crippen LogP contribution in [0.25, 0.3) is 0 Å². The van der Waals surface area contributed by atoms with Gasteiger partial charge in [0.05, 0.1) is 0 Å². The fourth-order valence-corrected chi connectivity index (χ4v) is 1.40. The zero-order chi connectivity index (χ0) is 13.5. The summed E-state index contributed by atoms with van der Waals surface area (Å²) >= 11 is 0. The van der Waals surface area contributed by atoms with Crippen molar-refractivity contribution >= 4 is 5.97 Å². The van der Waals surface area contributed by atoms with Gasteiger partial charge in [-0.2, -0.15) is 0 Å². The molecule has 0 heterocycles. The van der Waals surface area contributed by atoms with Crippen LogP contribution in [0.15, 0.2) is 49.1 Å². The second-order valence-electron chi connectivity index (χ2n) is 4.10. The number of carboxylic acids is 1. The van der Waals surface area contributed by atoms with Gasteiger partial charge in [-0.3, -0.25) is 4.79 Å². The molecule has 0 fully saturated rings. The van der Waals surface area contributed by atoms with Crippen LogP contribution in [0.5, 0.6) is 0 Å². The van der Waals surface area contributed by atoms with E-state index in [0.717, 1.165) is 38.5 Å². The third-order valence-electron chi connectivity index (χ3n) is 2.40. The van der Waals surface area contributed by atoms with Gasteiger partial charge in [-0.1, -0.05) is 42.5 Å². The lowest BCUT2D eigenvalue weighted by Crippen LogP contribution is -1.92. The van der Waals surface area contributed by atoms with Crippen molar-refractivity contribution in [3.63, 3.8) is 0 Å². The molecule has 2 nitrogen and oxygen atoms in total. The van der Waals surface area contributed by atoms with Crippen molar-refractivity contribution in [1.82, 2.24) is 0 Å². The lowest BCUT2D eigenvalue weighted by molar-refractivity contribution is -0.137. The van der Waals surface area contributed by atoms with Gasteiger partial charge >= 0.3 is 5.97 Å². The Balaban J connectivity index is 3.39. The van der Waals surface area contributed by atoms with E-state index in [0.29, 0.717) is 0 Å². The molecule has 18 heavy (non-hydrogen) atoms. The molecule has 2 heteroatoms. The van der Waals surface area contributed by atoms with Gasteiger partial charge in [0.1, 0.15) is 0 Å². The second-order valence-corrected chi connectivity index (χ2v) is 4.10. The fourth-order valence-electron chi connectivity index (χ4n) is 1.40. The molecule has 0 amide bonds. The number of allylic oxidation sites excluding steroid dienone is 7. The lowest BCUT2D eigenvalue weighted by Gasteiger charge is -1.91. The van der Waals surface area contributed by atoms with Crippen LogP contribution in [0.4, 0.5) is 0 Å². The van der Waals surface area contributed by atoms with Crippen LogP contribution < -0.4 is 0 Å². The highest BCUT2D eigenvalue weighted by molar-refractivity contribution is 5.66. The van der Waals surface area contributed by atoms with E-state index in [9.17, 15) is 4.79 Å². The summed E-state index contributed by atoms with van der Waals surface area (Å²) in [5, 5.41) is 8.45. The molecule has 1 N–H and O–H groups in total. The van der Waals surface area contributed by atoms with E-state index in [1.54, 1.807) is 0 Å². The lowest BCUT2D eigenvalue weighted by atomic mass is 10.2. The predicted molar refractivity (Wildman–Crippen MR) is 77.6 cm³/mol. The molecule has 0 atom stereocenters. The first-order valence-corrected chi connectivity index (χ1v) is 6.58. The molecule has 0 aromatic heterocycles. The van der Waals surface area contributed by atoms with Crippen molar-refractivity contribution in [1.29, 1.82) is 0 Å². The van der Waals surface area contributed by atoms with Crippen molar-refractivity contribution in [2.75, 3.05) is 0 Å². The van der Waals surface area contributed by atoms with Crippen LogP contribution >= 0.6 is 0 Å². The largest absolute Gasteiger partial charge is 0.481 e. The molecule has 0 aliphatic carbocycles. The van der Waals surface area contributed by atoms with E-state index < -0.39 is 5.97 Å². The SMILES string of the molecule is C=CCCCC=CC=CC=CCCCCC(=O)O. The number of rotatable bonds is 11. The van der Waals surface area contributed by atoms with Crippen molar-refractivity contribution < 1.29 is 9.90 Å². The van der Waals surface area contributed by atoms with E-state index >= 15 is 0 Å². The molecule has 0 saturated carbocycles. The van der Waals surface area contributed by atoms with Crippen LogP contribution in [-0.2, 0) is 4.79 Å². The first kappa shape index (κ1) is 16.4. The topological polar surface area (TPSA) is 37.3 Å². The monoisotopic (exact) mass is 248 g/mol. The molecule has 0 bridgehead atoms. The summed E-state index contributed by atoms with van der Waals surface area (Å²) in [5.74, 6) is -0.708. The van der Waals surface area contributed by atoms with Gasteiger partial charge in [-0.05, 0) is 38.5 Å². The minimum absolute atomic E-state index is 0.275. The minimum atomic E-state index is -0.708. The van der Waals surface area contributed by atoms with E-state index in [1.807, 2.05) is 24.3 Å². The number of aliphatic carboxylic acids is 1. The first-order chi connectivity index (χ1) is 8.77. The van der Waals surface area contributed by atoms with Gasteiger partial charge < -0.3 is 5.11 Å². The Labute approximate surface area is 110 Å². The van der Waals surface area contributed by atoms with E-state index in [-0.39, 0.29) is 6.42 Å². The van der Waals surface area contributed by atoms with Crippen molar-refractivity contribution in [3.8, 4) is 0 Å². The predicted octanol–water partition coefficient (Wildman–Crippen LogP) is 4.66. The third-order valence-corrected chi connectivity index (χ3v) is 2.40. The van der Waals surface area contributed by atoms with Crippen molar-refractivity contribution in [2.24, 2.45) is 0 Å². The molecule has 0 saturated heterocycles. The van der Waals surface area contributed by atoms with E-state index in [1.165, 1.54) is 0 Å². The summed E-state index contributed by atoms with van der Waals surface area (Å²) in [4.78, 5) is 10.3. The Kier molecular flexibility index (Phi) is 12.3. The van der Waals surface area contributed by atoms with Crippen LogP contribution in [0.3, 0.4) is 0 Å². The summed E-state index contributed by atoms with van der Waals surface area (Å²) in [6.45, 7) is 3.68. The number of unbranched alkanes of at least 4 members (excludes halogenated alkanes) is 4. The molecule has 100 valence electrons. The van der Waals surface area contributed by atoms with Gasteiger partial charge in [0.25, 0.3) is 0 Å². The molecule has 0 aromatic carbocycles. The molecule has 0 aliphatic heterocycles. The molecular weight excluding hydrogens is 224 g/mol. The van der Waals surface area contributed by atoms with Gasteiger partial charge in [0.15, 0.2) is 0 Å². The highest BCUT2D eigenvalue weighted by Crippen LogP contribution is 2.01. The van der Waals surface area contributed by atoms with Crippen LogP contribution in [0.1, 0.15) is 44.9 Å². The molecule has 0 rings (SSSR count). The Hall–Kier alpha value is -1.57. The number of carbonyl (C=O) groups is 1. The minimum Gasteiger partial charge on any atom is -0.481 e. The number of hydrogen-bond acceptors (Lipinski definition) is 1. The molecule has 0 unspecified atom stereocenters. The third kappa shape index (κ3) is 14.4. The van der Waals surface area contributed by atoms with Gasteiger partial charge in [-0.25, -0.2) is 0 Å². The second kappa shape index (κ2) is 13.5. The summed E-state index contributed by atoms with van der Waals surface area (Å²) < 4.78 is 0. The molecular formula is C16H24O2. The fraction of sp³-hybridized carbons (Fsp3) is 0.438. The summed E-state index contributed by atoms with van der Waals surface area (Å²) in [6, 6.07) is 0. The zero-order valence-electron chi connectivity index (χ0n) is 11.1.